The number of hydrogen-bond acceptors (Lipinski definition) is 6. The van der Waals surface area contributed by atoms with E-state index in [0.29, 0.717) is 24.6 Å². The number of amides is 2. The van der Waals surface area contributed by atoms with Gasteiger partial charge in [0.1, 0.15) is 18.7 Å². The van der Waals surface area contributed by atoms with Gasteiger partial charge in [0.05, 0.1) is 6.10 Å². The van der Waals surface area contributed by atoms with Crippen LogP contribution in [0.25, 0.3) is 0 Å². The van der Waals surface area contributed by atoms with E-state index in [1.165, 1.54) is 0 Å². The lowest BCUT2D eigenvalue weighted by Gasteiger charge is -2.38. The Labute approximate surface area is 202 Å². The topological polar surface area (TPSA) is 82.2 Å². The number of nitrogens with one attached hydrogen (secondary N) is 1. The molecule has 3 heterocycles. The number of fused-ring (bicyclic) bond motifs is 1. The van der Waals surface area contributed by atoms with E-state index in [4.69, 9.17) is 4.74 Å². The molecule has 0 aliphatic carbocycles. The fraction of sp³-hybridized carbons (Fsp3) is 0.654. The van der Waals surface area contributed by atoms with Gasteiger partial charge in [-0.15, -0.1) is 0 Å². The van der Waals surface area contributed by atoms with Crippen molar-refractivity contribution in [3.63, 3.8) is 0 Å². The minimum absolute atomic E-state index is 0.0559. The van der Waals surface area contributed by atoms with Crippen molar-refractivity contribution in [1.29, 1.82) is 0 Å². The van der Waals surface area contributed by atoms with E-state index < -0.39 is 17.5 Å². The van der Waals surface area contributed by atoms with Crippen LogP contribution in [0.2, 0.25) is 0 Å². The van der Waals surface area contributed by atoms with Crippen LogP contribution in [0.4, 0.5) is 5.69 Å². The van der Waals surface area contributed by atoms with E-state index in [0.717, 1.165) is 31.9 Å². The number of ether oxygens (including phenoxy) is 1. The summed E-state index contributed by atoms with van der Waals surface area (Å²) in [4.78, 5) is 45.3. The maximum atomic E-state index is 13.5. The van der Waals surface area contributed by atoms with Crippen LogP contribution in [0.5, 0.6) is 0 Å². The van der Waals surface area contributed by atoms with Crippen molar-refractivity contribution in [2.24, 2.45) is 5.41 Å². The molecule has 3 atom stereocenters. The number of rotatable bonds is 5. The van der Waals surface area contributed by atoms with Gasteiger partial charge in [-0.25, -0.2) is 0 Å². The van der Waals surface area contributed by atoms with Crippen LogP contribution in [0.15, 0.2) is 24.3 Å². The third-order valence-corrected chi connectivity index (χ3v) is 7.32. The molecule has 1 unspecified atom stereocenters. The molecule has 0 bridgehead atoms. The number of carbonyl (C=O) groups excluding carboxylic acids is 3. The molecule has 34 heavy (non-hydrogen) atoms. The van der Waals surface area contributed by atoms with Crippen LogP contribution < -0.4 is 10.2 Å². The van der Waals surface area contributed by atoms with Gasteiger partial charge in [-0.3, -0.25) is 19.3 Å². The number of carbonyl (C=O) groups is 3. The van der Waals surface area contributed by atoms with Gasteiger partial charge in [-0.05, 0) is 49.9 Å². The second-order valence-corrected chi connectivity index (χ2v) is 11.0. The normalized spacial score (nSPS) is 24.5. The van der Waals surface area contributed by atoms with E-state index in [-0.39, 0.29) is 30.3 Å². The number of nitrogens with zero attached hydrogens (tertiary/aromatic N) is 3. The average Bonchev–Trinajstić information content (AvgIpc) is 3.39. The zero-order valence-corrected chi connectivity index (χ0v) is 21.0. The summed E-state index contributed by atoms with van der Waals surface area (Å²) in [5, 5.41) is 2.96. The Morgan fingerprint density at radius 2 is 1.68 bits per heavy atom. The molecule has 0 saturated carbocycles. The minimum Gasteiger partial charge on any atom is -0.369 e. The monoisotopic (exact) mass is 470 g/mol. The lowest BCUT2D eigenvalue weighted by molar-refractivity contribution is -0.140. The molecule has 4 rings (SSSR count). The van der Waals surface area contributed by atoms with Crippen LogP contribution in [-0.4, -0.2) is 91.0 Å². The largest absolute Gasteiger partial charge is 0.369 e. The molecular weight excluding hydrogens is 432 g/mol. The Hall–Kier alpha value is -2.45. The van der Waals surface area contributed by atoms with Crippen LogP contribution >= 0.6 is 0 Å². The first kappa shape index (κ1) is 24.7. The van der Waals surface area contributed by atoms with E-state index in [9.17, 15) is 14.4 Å². The molecule has 3 fully saturated rings. The number of Topliss-reactive ketones (excluding diaryl/α,β-unsaturated/α-hetero) is 1. The Morgan fingerprint density at radius 1 is 1.03 bits per heavy atom. The first-order valence-corrected chi connectivity index (χ1v) is 12.4. The second-order valence-electron chi connectivity index (χ2n) is 11.0. The predicted molar refractivity (Wildman–Crippen MR) is 131 cm³/mol. The molecular formula is C26H38N4O4. The molecule has 0 spiro atoms. The lowest BCUT2D eigenvalue weighted by atomic mass is 9.85. The van der Waals surface area contributed by atoms with Gasteiger partial charge < -0.3 is 19.9 Å². The molecule has 2 amide bonds. The zero-order valence-electron chi connectivity index (χ0n) is 21.0. The van der Waals surface area contributed by atoms with Crippen molar-refractivity contribution in [1.82, 2.24) is 15.1 Å². The van der Waals surface area contributed by atoms with Crippen LogP contribution in [0.3, 0.4) is 0 Å². The molecule has 0 radical (unpaired) electrons. The van der Waals surface area contributed by atoms with Crippen molar-refractivity contribution in [2.75, 3.05) is 44.2 Å². The van der Waals surface area contributed by atoms with E-state index >= 15 is 0 Å². The number of benzene rings is 1. The highest BCUT2D eigenvalue weighted by Crippen LogP contribution is 2.30. The van der Waals surface area contributed by atoms with Gasteiger partial charge >= 0.3 is 0 Å². The highest BCUT2D eigenvalue weighted by atomic mass is 16.5. The molecule has 1 aromatic carbocycles. The first-order chi connectivity index (χ1) is 16.1. The van der Waals surface area contributed by atoms with Crippen LogP contribution in [0.1, 0.15) is 51.4 Å². The fourth-order valence-electron chi connectivity index (χ4n) is 5.19. The highest BCUT2D eigenvalue weighted by molar-refractivity contribution is 5.99. The Balaban J connectivity index is 1.42. The Kier molecular flexibility index (Phi) is 7.01. The summed E-state index contributed by atoms with van der Waals surface area (Å²) in [6.45, 7) is 14.7. The molecule has 8 heteroatoms. The van der Waals surface area contributed by atoms with Gasteiger partial charge in [0.25, 0.3) is 5.91 Å². The number of ketones is 1. The summed E-state index contributed by atoms with van der Waals surface area (Å²) in [5.74, 6) is -0.555. The summed E-state index contributed by atoms with van der Waals surface area (Å²) < 4.78 is 5.53. The fourth-order valence-corrected chi connectivity index (χ4v) is 5.19. The van der Waals surface area contributed by atoms with Crippen molar-refractivity contribution in [3.8, 4) is 0 Å². The van der Waals surface area contributed by atoms with Gasteiger partial charge in [0, 0.05) is 50.0 Å². The van der Waals surface area contributed by atoms with Gasteiger partial charge in [-0.2, -0.15) is 0 Å². The number of anilines is 1. The summed E-state index contributed by atoms with van der Waals surface area (Å²) in [7, 11) is 0. The van der Waals surface area contributed by atoms with Gasteiger partial charge in [0.2, 0.25) is 5.91 Å². The first-order valence-electron chi connectivity index (χ1n) is 12.4. The molecule has 8 nitrogen and oxygen atoms in total. The standard InChI is InChI=1S/C26H38N4O4/c1-17(2)28-12-14-29(15-13-28)19-8-6-18(7-9-19)24(32)27-23(26(3,4)5)25(33)30-11-10-21-22(30)20(31)16-34-21/h6-9,17,21-23H,10-16H2,1-5H3,(H,27,32)/t21-,22-,23?/m1/s1. The lowest BCUT2D eigenvalue weighted by Crippen LogP contribution is -2.57. The van der Waals surface area contributed by atoms with Crippen molar-refractivity contribution in [2.45, 2.75) is 65.3 Å². The Morgan fingerprint density at radius 3 is 2.26 bits per heavy atom. The molecule has 0 aromatic heterocycles. The smallest absolute Gasteiger partial charge is 0.251 e. The number of hydrogen-bond donors (Lipinski definition) is 1. The third-order valence-electron chi connectivity index (χ3n) is 7.32. The van der Waals surface area contributed by atoms with E-state index in [1.807, 2.05) is 45.0 Å². The van der Waals surface area contributed by atoms with Crippen molar-refractivity contribution < 1.29 is 19.1 Å². The SMILES string of the molecule is CC(C)N1CCN(c2ccc(C(=O)NC(C(=O)N3CC[C@H]4OCC(=O)[C@H]43)C(C)(C)C)cc2)CC1. The molecule has 3 aliphatic heterocycles. The van der Waals surface area contributed by atoms with Crippen LogP contribution in [0, 0.1) is 5.41 Å². The maximum absolute atomic E-state index is 13.5. The summed E-state index contributed by atoms with van der Waals surface area (Å²) >= 11 is 0. The minimum atomic E-state index is -0.740. The Bertz CT molecular complexity index is 916. The number of likely N-dealkylation sites (tertiary alicyclic amines) is 1. The van der Waals surface area contributed by atoms with Gasteiger partial charge in [-0.1, -0.05) is 20.8 Å². The summed E-state index contributed by atoms with van der Waals surface area (Å²) in [6.07, 6.45) is 0.433. The molecule has 1 aromatic rings. The highest BCUT2D eigenvalue weighted by Gasteiger charge is 2.49. The third kappa shape index (κ3) is 4.98. The number of piperazine rings is 1. The van der Waals surface area contributed by atoms with E-state index in [2.05, 4.69) is 29.0 Å². The van der Waals surface area contributed by atoms with E-state index in [1.54, 1.807) is 4.90 Å². The predicted octanol–water partition coefficient (Wildman–Crippen LogP) is 1.93. The average molecular weight is 471 g/mol. The molecule has 3 aliphatic rings. The van der Waals surface area contributed by atoms with Crippen molar-refractivity contribution >= 4 is 23.3 Å². The molecule has 3 saturated heterocycles. The summed E-state index contributed by atoms with van der Waals surface area (Å²) in [5.41, 5.74) is 1.11. The molecule has 1 N–H and O–H groups in total. The van der Waals surface area contributed by atoms with Crippen molar-refractivity contribution in [3.05, 3.63) is 29.8 Å². The maximum Gasteiger partial charge on any atom is 0.251 e. The van der Waals surface area contributed by atoms with Crippen LogP contribution in [-0.2, 0) is 14.3 Å². The quantitative estimate of drug-likeness (QED) is 0.708. The second kappa shape index (κ2) is 9.66. The zero-order chi connectivity index (χ0) is 24.6. The van der Waals surface area contributed by atoms with Gasteiger partial charge in [0.15, 0.2) is 5.78 Å². The molecule has 186 valence electrons. The summed E-state index contributed by atoms with van der Waals surface area (Å²) in [6, 6.07) is 6.90.